The minimum Gasteiger partial charge on any atom is -0.396 e. The third kappa shape index (κ3) is 11.9. The fourth-order valence-corrected chi connectivity index (χ4v) is 6.38. The normalized spacial score (nSPS) is 16.1. The summed E-state index contributed by atoms with van der Waals surface area (Å²) in [6, 6.07) is 12.1. The van der Waals surface area contributed by atoms with Gasteiger partial charge in [-0.25, -0.2) is 0 Å². The molecule has 0 aliphatic carbocycles. The molecule has 1 fully saturated rings. The van der Waals surface area contributed by atoms with Crippen molar-refractivity contribution in [1.82, 2.24) is 9.80 Å². The van der Waals surface area contributed by atoms with Crippen molar-refractivity contribution >= 4 is 35.2 Å². The molecule has 0 saturated carbocycles. The maximum absolute atomic E-state index is 13.4. The molecule has 0 spiro atoms. The lowest BCUT2D eigenvalue weighted by Crippen LogP contribution is -2.47. The van der Waals surface area contributed by atoms with E-state index in [4.69, 9.17) is 9.29 Å². The van der Waals surface area contributed by atoms with Crippen LogP contribution in [-0.2, 0) is 10.4 Å². The summed E-state index contributed by atoms with van der Waals surface area (Å²) in [6.45, 7) is 18.0. The van der Waals surface area contributed by atoms with Crippen LogP contribution < -0.4 is 4.90 Å². The standard InChI is InChI=1S/C25H32F3N3S.C5H12O2S.C2H6/c1-19(2)10-13-30-16-14-29(15-17-30)11-5-12-31-21-6-3-4-7-23(21)32-24-9-8-20(18-22(24)31)25(26,27)28;1-5(3-4-6)8-7-2;1-2/h3-4,6-9,18-19H,5,10-17H2,1-2H3;5-6H,3-4H2,1-2H3;1-2H3. The second-order valence-corrected chi connectivity index (χ2v) is 13.1. The molecule has 0 radical (unpaired) electrons. The summed E-state index contributed by atoms with van der Waals surface area (Å²) in [7, 11) is 1.64. The molecule has 1 N–H and O–H groups in total. The zero-order valence-corrected chi connectivity index (χ0v) is 27.8. The quantitative estimate of drug-likeness (QED) is 0.250. The first-order valence-corrected chi connectivity index (χ1v) is 16.7. The number of aliphatic hydroxyl groups excluding tert-OH is 1. The van der Waals surface area contributed by atoms with Gasteiger partial charge < -0.3 is 24.0 Å². The van der Waals surface area contributed by atoms with Gasteiger partial charge in [0.25, 0.3) is 0 Å². The number of alkyl halides is 3. The van der Waals surface area contributed by atoms with Crippen LogP contribution in [0.5, 0.6) is 0 Å². The molecule has 1 atom stereocenters. The van der Waals surface area contributed by atoms with Gasteiger partial charge in [-0.05, 0) is 80.6 Å². The summed E-state index contributed by atoms with van der Waals surface area (Å²) in [4.78, 5) is 9.09. The second-order valence-electron chi connectivity index (χ2n) is 10.7. The first-order valence-electron chi connectivity index (χ1n) is 15.1. The molecule has 1 unspecified atom stereocenters. The van der Waals surface area contributed by atoms with Crippen LogP contribution in [0.2, 0.25) is 0 Å². The third-order valence-corrected chi connectivity index (χ3v) is 8.98. The number of fused-ring (bicyclic) bond motifs is 2. The molecule has 0 aromatic heterocycles. The van der Waals surface area contributed by atoms with Gasteiger partial charge in [0.2, 0.25) is 0 Å². The molecule has 2 aliphatic rings. The number of para-hydroxylation sites is 1. The van der Waals surface area contributed by atoms with E-state index in [0.717, 1.165) is 67.0 Å². The Morgan fingerprint density at radius 2 is 1.50 bits per heavy atom. The maximum atomic E-state index is 13.4. The van der Waals surface area contributed by atoms with Gasteiger partial charge in [0, 0.05) is 54.4 Å². The Hall–Kier alpha value is -1.43. The second kappa shape index (κ2) is 19.1. The fraction of sp³-hybridized carbons (Fsp3) is 0.625. The Kier molecular flexibility index (Phi) is 16.7. The summed E-state index contributed by atoms with van der Waals surface area (Å²) in [5, 5.41) is 8.80. The van der Waals surface area contributed by atoms with Crippen LogP contribution in [0, 0.1) is 5.92 Å². The van der Waals surface area contributed by atoms with Crippen molar-refractivity contribution in [2.75, 3.05) is 64.4 Å². The van der Waals surface area contributed by atoms with Gasteiger partial charge >= 0.3 is 6.18 Å². The van der Waals surface area contributed by atoms with Gasteiger partial charge in [-0.2, -0.15) is 13.2 Å². The van der Waals surface area contributed by atoms with Crippen LogP contribution in [0.15, 0.2) is 52.3 Å². The van der Waals surface area contributed by atoms with Crippen LogP contribution >= 0.6 is 23.8 Å². The Morgan fingerprint density at radius 3 is 2.10 bits per heavy atom. The van der Waals surface area contributed by atoms with E-state index in [2.05, 4.69) is 28.5 Å². The van der Waals surface area contributed by atoms with Crippen molar-refractivity contribution in [3.8, 4) is 0 Å². The van der Waals surface area contributed by atoms with E-state index in [-0.39, 0.29) is 6.61 Å². The zero-order valence-electron chi connectivity index (χ0n) is 26.1. The minimum atomic E-state index is -4.34. The molecule has 4 rings (SSSR count). The van der Waals surface area contributed by atoms with E-state index in [9.17, 15) is 13.2 Å². The Balaban J connectivity index is 0.000000535. The van der Waals surface area contributed by atoms with Gasteiger partial charge in [0.15, 0.2) is 0 Å². The van der Waals surface area contributed by atoms with Crippen molar-refractivity contribution in [1.29, 1.82) is 0 Å². The van der Waals surface area contributed by atoms with Crippen molar-refractivity contribution in [2.45, 2.75) is 75.1 Å². The summed E-state index contributed by atoms with van der Waals surface area (Å²) in [5.74, 6) is 0.736. The first kappa shape index (κ1) is 36.8. The average molecular weight is 630 g/mol. The maximum Gasteiger partial charge on any atom is 0.416 e. The number of halogens is 3. The van der Waals surface area contributed by atoms with Gasteiger partial charge in [-0.1, -0.05) is 58.5 Å². The molecular weight excluding hydrogens is 579 g/mol. The van der Waals surface area contributed by atoms with E-state index < -0.39 is 11.7 Å². The SMILES string of the molecule is CC.CC(C)CCN1CCN(CCCN2c3ccccc3Sc3ccc(C(F)(F)F)cc32)CC1.COSC(C)CCO. The largest absolute Gasteiger partial charge is 0.416 e. The third-order valence-electron chi connectivity index (χ3n) is 7.09. The Morgan fingerprint density at radius 1 is 0.881 bits per heavy atom. The highest BCUT2D eigenvalue weighted by Gasteiger charge is 2.33. The minimum absolute atomic E-state index is 0.248. The molecule has 0 bridgehead atoms. The number of anilines is 2. The van der Waals surface area contributed by atoms with Crippen molar-refractivity contribution in [3.05, 3.63) is 48.0 Å². The van der Waals surface area contributed by atoms with Crippen LogP contribution in [0.3, 0.4) is 0 Å². The number of aliphatic hydroxyl groups is 1. The monoisotopic (exact) mass is 629 g/mol. The number of benzene rings is 2. The predicted molar refractivity (Wildman–Crippen MR) is 173 cm³/mol. The molecule has 238 valence electrons. The summed E-state index contributed by atoms with van der Waals surface area (Å²) in [5.41, 5.74) is 1.09. The summed E-state index contributed by atoms with van der Waals surface area (Å²) in [6.07, 6.45) is -1.37. The van der Waals surface area contributed by atoms with E-state index in [1.165, 1.54) is 37.1 Å². The molecule has 2 aromatic rings. The van der Waals surface area contributed by atoms with Crippen LogP contribution in [0.25, 0.3) is 0 Å². The first-order chi connectivity index (χ1) is 20.1. The van der Waals surface area contributed by atoms with Crippen LogP contribution in [0.1, 0.15) is 59.4 Å². The number of hydrogen-bond donors (Lipinski definition) is 1. The van der Waals surface area contributed by atoms with Crippen molar-refractivity contribution < 1.29 is 22.5 Å². The van der Waals surface area contributed by atoms with E-state index in [1.54, 1.807) is 24.9 Å². The van der Waals surface area contributed by atoms with Gasteiger partial charge in [-0.3, -0.25) is 0 Å². The molecule has 2 heterocycles. The number of nitrogens with zero attached hydrogens (tertiary/aromatic N) is 3. The molecular formula is C32H50F3N3O2S2. The molecule has 0 amide bonds. The lowest BCUT2D eigenvalue weighted by atomic mass is 10.1. The highest BCUT2D eigenvalue weighted by molar-refractivity contribution is 7.99. The average Bonchev–Trinajstić information content (AvgIpc) is 2.97. The topological polar surface area (TPSA) is 39.2 Å². The Labute approximate surface area is 260 Å². The Bertz CT molecular complexity index is 1030. The van der Waals surface area contributed by atoms with Gasteiger partial charge in [-0.15, -0.1) is 0 Å². The van der Waals surface area contributed by atoms with Crippen molar-refractivity contribution in [2.24, 2.45) is 5.92 Å². The smallest absolute Gasteiger partial charge is 0.396 e. The van der Waals surface area contributed by atoms with E-state index in [1.807, 2.05) is 45.0 Å². The van der Waals surface area contributed by atoms with Gasteiger partial charge in [0.05, 0.1) is 24.0 Å². The fourth-order valence-electron chi connectivity index (χ4n) is 4.77. The highest BCUT2D eigenvalue weighted by Crippen LogP contribution is 2.49. The summed E-state index contributed by atoms with van der Waals surface area (Å²) >= 11 is 2.94. The molecule has 5 nitrogen and oxygen atoms in total. The zero-order chi connectivity index (χ0) is 31.1. The van der Waals surface area contributed by atoms with E-state index >= 15 is 0 Å². The van der Waals surface area contributed by atoms with E-state index in [0.29, 0.717) is 17.5 Å². The predicted octanol–water partition coefficient (Wildman–Crippen LogP) is 8.44. The van der Waals surface area contributed by atoms with Gasteiger partial charge in [0.1, 0.15) is 0 Å². The lowest BCUT2D eigenvalue weighted by Gasteiger charge is -2.36. The summed E-state index contributed by atoms with van der Waals surface area (Å²) < 4.78 is 44.9. The molecule has 1 saturated heterocycles. The lowest BCUT2D eigenvalue weighted by molar-refractivity contribution is -0.137. The van der Waals surface area contributed by atoms with Crippen LogP contribution in [-0.4, -0.2) is 79.7 Å². The van der Waals surface area contributed by atoms with Crippen LogP contribution in [0.4, 0.5) is 24.5 Å². The molecule has 10 heteroatoms. The number of piperazine rings is 1. The molecule has 2 aliphatic heterocycles. The number of hydrogen-bond acceptors (Lipinski definition) is 7. The highest BCUT2D eigenvalue weighted by atomic mass is 32.2. The number of rotatable bonds is 11. The molecule has 42 heavy (non-hydrogen) atoms. The molecule has 2 aromatic carbocycles. The van der Waals surface area contributed by atoms with Crippen molar-refractivity contribution in [3.63, 3.8) is 0 Å².